The number of hydrogen-bond donors (Lipinski definition) is 1. The highest BCUT2D eigenvalue weighted by Gasteiger charge is 2.13. The molecule has 0 amide bonds. The number of nitrogens with zero attached hydrogens (tertiary/aromatic N) is 3. The van der Waals surface area contributed by atoms with Gasteiger partial charge >= 0.3 is 0 Å². The van der Waals surface area contributed by atoms with Gasteiger partial charge in [-0.2, -0.15) is 0 Å². The van der Waals surface area contributed by atoms with Crippen LogP contribution in [0.25, 0.3) is 0 Å². The summed E-state index contributed by atoms with van der Waals surface area (Å²) in [7, 11) is 0. The van der Waals surface area contributed by atoms with Crippen molar-refractivity contribution >= 4 is 21.7 Å². The lowest BCUT2D eigenvalue weighted by Crippen LogP contribution is -2.04. The molecule has 0 spiro atoms. The Morgan fingerprint density at radius 3 is 2.76 bits per heavy atom. The van der Waals surface area contributed by atoms with E-state index < -0.39 is 0 Å². The SMILES string of the molecule is CCCNc1ncnc(Oc2ccc(C)nc2CC)c1Br. The van der Waals surface area contributed by atoms with E-state index in [1.165, 1.54) is 6.33 Å². The molecule has 0 unspecified atom stereocenters. The van der Waals surface area contributed by atoms with Gasteiger partial charge in [0.1, 0.15) is 16.6 Å². The van der Waals surface area contributed by atoms with E-state index in [1.54, 1.807) is 0 Å². The largest absolute Gasteiger partial charge is 0.436 e. The second-order valence-electron chi connectivity index (χ2n) is 4.62. The topological polar surface area (TPSA) is 59.9 Å². The zero-order valence-corrected chi connectivity index (χ0v) is 14.1. The summed E-state index contributed by atoms with van der Waals surface area (Å²) < 4.78 is 6.63. The van der Waals surface area contributed by atoms with Crippen LogP contribution in [-0.4, -0.2) is 21.5 Å². The third-order valence-corrected chi connectivity index (χ3v) is 3.63. The number of hydrogen-bond acceptors (Lipinski definition) is 5. The lowest BCUT2D eigenvalue weighted by molar-refractivity contribution is 0.449. The molecule has 5 nitrogen and oxygen atoms in total. The Balaban J connectivity index is 2.27. The van der Waals surface area contributed by atoms with Gasteiger partial charge in [-0.1, -0.05) is 13.8 Å². The molecule has 112 valence electrons. The smallest absolute Gasteiger partial charge is 0.238 e. The molecule has 2 aromatic rings. The number of aromatic nitrogens is 3. The van der Waals surface area contributed by atoms with Gasteiger partial charge < -0.3 is 10.1 Å². The van der Waals surface area contributed by atoms with Crippen LogP contribution in [0.5, 0.6) is 11.6 Å². The molecule has 0 bridgehead atoms. The maximum Gasteiger partial charge on any atom is 0.238 e. The third kappa shape index (κ3) is 3.91. The predicted molar refractivity (Wildman–Crippen MR) is 86.9 cm³/mol. The molecule has 2 aromatic heterocycles. The lowest BCUT2D eigenvalue weighted by Gasteiger charge is -2.12. The molecule has 0 aliphatic rings. The lowest BCUT2D eigenvalue weighted by atomic mass is 10.2. The first kappa shape index (κ1) is 15.7. The Bertz CT molecular complexity index is 619. The standard InChI is InChI=1S/C15H19BrN4O/c1-4-8-17-14-13(16)15(19-9-18-14)21-12-7-6-10(3)20-11(12)5-2/h6-7,9H,4-5,8H2,1-3H3,(H,17,18,19). The predicted octanol–water partition coefficient (Wildman–Crippen LogP) is 4.12. The first-order chi connectivity index (χ1) is 10.2. The molecular weight excluding hydrogens is 332 g/mol. The highest BCUT2D eigenvalue weighted by molar-refractivity contribution is 9.10. The Morgan fingerprint density at radius 1 is 1.24 bits per heavy atom. The van der Waals surface area contributed by atoms with E-state index in [4.69, 9.17) is 4.74 Å². The van der Waals surface area contributed by atoms with Crippen molar-refractivity contribution in [1.82, 2.24) is 15.0 Å². The highest BCUT2D eigenvalue weighted by atomic mass is 79.9. The third-order valence-electron chi connectivity index (χ3n) is 2.91. The number of rotatable bonds is 6. The van der Waals surface area contributed by atoms with Gasteiger partial charge in [0.15, 0.2) is 5.75 Å². The quantitative estimate of drug-likeness (QED) is 0.848. The molecule has 0 aliphatic heterocycles. The molecule has 0 radical (unpaired) electrons. The molecule has 21 heavy (non-hydrogen) atoms. The summed E-state index contributed by atoms with van der Waals surface area (Å²) >= 11 is 3.50. The van der Waals surface area contributed by atoms with Gasteiger partial charge in [0.05, 0.1) is 5.69 Å². The normalized spacial score (nSPS) is 10.5. The highest BCUT2D eigenvalue weighted by Crippen LogP contribution is 2.33. The van der Waals surface area contributed by atoms with Crippen LogP contribution in [0.2, 0.25) is 0 Å². The molecule has 0 atom stereocenters. The van der Waals surface area contributed by atoms with E-state index >= 15 is 0 Å². The molecule has 0 aliphatic carbocycles. The van der Waals surface area contributed by atoms with Gasteiger partial charge in [0, 0.05) is 12.2 Å². The zero-order valence-electron chi connectivity index (χ0n) is 12.5. The fraction of sp³-hybridized carbons (Fsp3) is 0.400. The van der Waals surface area contributed by atoms with Gasteiger partial charge in [-0.25, -0.2) is 9.97 Å². The second-order valence-corrected chi connectivity index (χ2v) is 5.41. The van der Waals surface area contributed by atoms with Crippen LogP contribution >= 0.6 is 15.9 Å². The van der Waals surface area contributed by atoms with Crippen molar-refractivity contribution in [3.63, 3.8) is 0 Å². The maximum absolute atomic E-state index is 5.91. The molecule has 2 rings (SSSR count). The fourth-order valence-corrected chi connectivity index (χ4v) is 2.27. The average molecular weight is 351 g/mol. The van der Waals surface area contributed by atoms with Crippen molar-refractivity contribution in [2.24, 2.45) is 0 Å². The molecular formula is C15H19BrN4O. The van der Waals surface area contributed by atoms with Gasteiger partial charge in [0.25, 0.3) is 0 Å². The summed E-state index contributed by atoms with van der Waals surface area (Å²) in [6.45, 7) is 6.97. The molecule has 0 saturated carbocycles. The van der Waals surface area contributed by atoms with Crippen LogP contribution in [-0.2, 0) is 6.42 Å². The summed E-state index contributed by atoms with van der Waals surface area (Å²) in [4.78, 5) is 12.9. The van der Waals surface area contributed by atoms with E-state index in [0.717, 1.165) is 46.8 Å². The zero-order chi connectivity index (χ0) is 15.2. The Hall–Kier alpha value is -1.69. The summed E-state index contributed by atoms with van der Waals surface area (Å²) in [5.74, 6) is 1.95. The minimum absolute atomic E-state index is 0.490. The fourth-order valence-electron chi connectivity index (χ4n) is 1.84. The van der Waals surface area contributed by atoms with Crippen LogP contribution < -0.4 is 10.1 Å². The molecule has 0 aromatic carbocycles. The van der Waals surface area contributed by atoms with Gasteiger partial charge in [0.2, 0.25) is 5.88 Å². The number of aryl methyl sites for hydroxylation is 2. The van der Waals surface area contributed by atoms with Gasteiger partial charge in [-0.15, -0.1) is 0 Å². The summed E-state index contributed by atoms with van der Waals surface area (Å²) in [6, 6.07) is 3.86. The summed E-state index contributed by atoms with van der Waals surface area (Å²) in [5.41, 5.74) is 1.90. The summed E-state index contributed by atoms with van der Waals surface area (Å²) in [5, 5.41) is 3.23. The minimum Gasteiger partial charge on any atom is -0.436 e. The van der Waals surface area contributed by atoms with Crippen LogP contribution in [0.1, 0.15) is 31.7 Å². The number of anilines is 1. The maximum atomic E-state index is 5.91. The van der Waals surface area contributed by atoms with Crippen molar-refractivity contribution in [1.29, 1.82) is 0 Å². The van der Waals surface area contributed by atoms with E-state index in [-0.39, 0.29) is 0 Å². The summed E-state index contributed by atoms with van der Waals surface area (Å²) in [6.07, 6.45) is 3.32. The van der Waals surface area contributed by atoms with Crippen molar-refractivity contribution in [2.75, 3.05) is 11.9 Å². The molecule has 0 fully saturated rings. The molecule has 0 saturated heterocycles. The first-order valence-corrected chi connectivity index (χ1v) is 7.83. The van der Waals surface area contributed by atoms with Crippen LogP contribution in [0.4, 0.5) is 5.82 Å². The van der Waals surface area contributed by atoms with Crippen molar-refractivity contribution in [2.45, 2.75) is 33.6 Å². The van der Waals surface area contributed by atoms with Gasteiger partial charge in [-0.3, -0.25) is 4.98 Å². The average Bonchev–Trinajstić information content (AvgIpc) is 2.49. The Kier molecular flexibility index (Phi) is 5.50. The van der Waals surface area contributed by atoms with E-state index in [9.17, 15) is 0 Å². The number of ether oxygens (including phenoxy) is 1. The van der Waals surface area contributed by atoms with Crippen molar-refractivity contribution in [3.8, 4) is 11.6 Å². The van der Waals surface area contributed by atoms with Crippen LogP contribution in [0, 0.1) is 6.92 Å². The number of nitrogens with one attached hydrogen (secondary N) is 1. The Labute approximate surface area is 133 Å². The van der Waals surface area contributed by atoms with E-state index in [2.05, 4.69) is 50.0 Å². The molecule has 2 heterocycles. The molecule has 1 N–H and O–H groups in total. The number of halogens is 1. The number of pyridine rings is 1. The monoisotopic (exact) mass is 350 g/mol. The minimum atomic E-state index is 0.490. The van der Waals surface area contributed by atoms with E-state index in [1.807, 2.05) is 19.1 Å². The molecule has 6 heteroatoms. The van der Waals surface area contributed by atoms with Crippen molar-refractivity contribution < 1.29 is 4.74 Å². The van der Waals surface area contributed by atoms with Crippen LogP contribution in [0.3, 0.4) is 0 Å². The van der Waals surface area contributed by atoms with Gasteiger partial charge in [-0.05, 0) is 47.8 Å². The first-order valence-electron chi connectivity index (χ1n) is 7.04. The van der Waals surface area contributed by atoms with E-state index in [0.29, 0.717) is 5.88 Å². The Morgan fingerprint density at radius 2 is 2.05 bits per heavy atom. The second kappa shape index (κ2) is 7.36. The van der Waals surface area contributed by atoms with Crippen LogP contribution in [0.15, 0.2) is 22.9 Å². The van der Waals surface area contributed by atoms with Crippen molar-refractivity contribution in [3.05, 3.63) is 34.3 Å².